The molecule has 1 amide bonds. The molecule has 0 atom stereocenters. The second-order valence-electron chi connectivity index (χ2n) is 4.73. The average Bonchev–Trinajstić information content (AvgIpc) is 2.49. The minimum Gasteiger partial charge on any atom is -0.338 e. The van der Waals surface area contributed by atoms with Crippen LogP contribution < -0.4 is 0 Å². The zero-order valence-corrected chi connectivity index (χ0v) is 11.8. The van der Waals surface area contributed by atoms with E-state index >= 15 is 0 Å². The number of nitrogens with zero attached hydrogens (tertiary/aromatic N) is 2. The molecule has 1 aromatic carbocycles. The van der Waals surface area contributed by atoms with Crippen molar-refractivity contribution in [3.05, 3.63) is 35.4 Å². The first-order valence-electron chi connectivity index (χ1n) is 6.22. The Labute approximate surface area is 120 Å². The molecule has 0 unspecified atom stereocenters. The van der Waals surface area contributed by atoms with Crippen molar-refractivity contribution in [1.29, 1.82) is 5.26 Å². The summed E-state index contributed by atoms with van der Waals surface area (Å²) < 4.78 is 25.6. The first-order chi connectivity index (χ1) is 9.51. The molecule has 0 bridgehead atoms. The van der Waals surface area contributed by atoms with Crippen molar-refractivity contribution in [1.82, 2.24) is 4.90 Å². The summed E-state index contributed by atoms with van der Waals surface area (Å²) in [4.78, 5) is 13.8. The number of halogens is 2. The predicted octanol–water partition coefficient (Wildman–Crippen LogP) is 2.83. The molecule has 3 nitrogen and oxygen atoms in total. The van der Waals surface area contributed by atoms with Crippen LogP contribution in [0.2, 0.25) is 0 Å². The summed E-state index contributed by atoms with van der Waals surface area (Å²) in [6, 6.07) is 5.44. The van der Waals surface area contributed by atoms with Gasteiger partial charge in [0.1, 0.15) is 4.75 Å². The Morgan fingerprint density at radius 1 is 1.35 bits per heavy atom. The molecule has 1 heterocycles. The van der Waals surface area contributed by atoms with Gasteiger partial charge in [-0.15, -0.1) is 11.8 Å². The Hall–Kier alpha value is -1.61. The van der Waals surface area contributed by atoms with Crippen molar-refractivity contribution in [3.8, 4) is 6.07 Å². The Balaban J connectivity index is 2.09. The number of benzene rings is 1. The summed E-state index contributed by atoms with van der Waals surface area (Å²) >= 11 is 1.50. The van der Waals surface area contributed by atoms with Crippen molar-refractivity contribution in [3.63, 3.8) is 0 Å². The molecule has 6 heteroatoms. The summed E-state index contributed by atoms with van der Waals surface area (Å²) in [6.07, 6.45) is 3.05. The van der Waals surface area contributed by atoms with Crippen molar-refractivity contribution in [2.45, 2.75) is 17.6 Å². The molecule has 0 saturated carbocycles. The second kappa shape index (κ2) is 5.80. The number of hydrogen-bond acceptors (Lipinski definition) is 3. The number of likely N-dealkylation sites (tertiary alicyclic amines) is 1. The second-order valence-corrected chi connectivity index (χ2v) is 5.92. The molecule has 0 radical (unpaired) electrons. The quantitative estimate of drug-likeness (QED) is 0.843. The molecule has 106 valence electrons. The van der Waals surface area contributed by atoms with Crippen molar-refractivity contribution >= 4 is 17.7 Å². The molecule has 0 spiro atoms. The van der Waals surface area contributed by atoms with E-state index in [0.717, 1.165) is 12.1 Å². The lowest BCUT2D eigenvalue weighted by atomic mass is 9.96. The lowest BCUT2D eigenvalue weighted by Crippen LogP contribution is -2.44. The van der Waals surface area contributed by atoms with Crippen molar-refractivity contribution in [2.75, 3.05) is 19.3 Å². The van der Waals surface area contributed by atoms with Crippen LogP contribution in [0.25, 0.3) is 0 Å². The van der Waals surface area contributed by atoms with Crippen molar-refractivity contribution < 1.29 is 13.6 Å². The van der Waals surface area contributed by atoms with E-state index in [1.807, 2.05) is 6.26 Å². The van der Waals surface area contributed by atoms with Gasteiger partial charge in [-0.2, -0.15) is 5.26 Å². The van der Waals surface area contributed by atoms with Crippen LogP contribution in [0, 0.1) is 23.0 Å². The van der Waals surface area contributed by atoms with E-state index in [4.69, 9.17) is 0 Å². The van der Waals surface area contributed by atoms with Crippen LogP contribution in [-0.4, -0.2) is 34.9 Å². The Kier molecular flexibility index (Phi) is 4.29. The molecule has 1 saturated heterocycles. The molecule has 20 heavy (non-hydrogen) atoms. The van der Waals surface area contributed by atoms with E-state index in [9.17, 15) is 18.8 Å². The molecule has 0 aliphatic carbocycles. The topological polar surface area (TPSA) is 44.1 Å². The molecular formula is C14H14F2N2OS. The largest absolute Gasteiger partial charge is 0.338 e. The third kappa shape index (κ3) is 2.78. The number of nitriles is 1. The number of piperidine rings is 1. The Morgan fingerprint density at radius 2 is 2.00 bits per heavy atom. The van der Waals surface area contributed by atoms with Crippen LogP contribution >= 0.6 is 11.8 Å². The number of amides is 1. The van der Waals surface area contributed by atoms with Crippen LogP contribution in [0.1, 0.15) is 23.2 Å². The van der Waals surface area contributed by atoms with Crippen LogP contribution in [-0.2, 0) is 0 Å². The summed E-state index contributed by atoms with van der Waals surface area (Å²) in [5, 5.41) is 9.18. The standard InChI is InChI=1S/C14H14F2N2OS/c1-20-14(9-17)4-6-18(7-5-14)13(19)10-2-3-11(15)12(16)8-10/h2-3,8H,4-7H2,1H3. The fourth-order valence-corrected chi connectivity index (χ4v) is 2.93. The third-order valence-corrected chi connectivity index (χ3v) is 4.90. The minimum absolute atomic E-state index is 0.137. The summed E-state index contributed by atoms with van der Waals surface area (Å²) in [5.41, 5.74) is 0.137. The van der Waals surface area contributed by atoms with Gasteiger partial charge in [-0.25, -0.2) is 8.78 Å². The van der Waals surface area contributed by atoms with Gasteiger partial charge in [0, 0.05) is 18.7 Å². The monoisotopic (exact) mass is 296 g/mol. The van der Waals surface area contributed by atoms with E-state index < -0.39 is 16.4 Å². The lowest BCUT2D eigenvalue weighted by molar-refractivity contribution is 0.0716. The normalized spacial score (nSPS) is 17.6. The smallest absolute Gasteiger partial charge is 0.253 e. The van der Waals surface area contributed by atoms with E-state index in [0.29, 0.717) is 25.9 Å². The molecule has 2 rings (SSSR count). The van der Waals surface area contributed by atoms with Crippen LogP contribution in [0.5, 0.6) is 0 Å². The fraction of sp³-hybridized carbons (Fsp3) is 0.429. The maximum atomic E-state index is 13.1. The zero-order valence-electron chi connectivity index (χ0n) is 11.0. The zero-order chi connectivity index (χ0) is 14.8. The Morgan fingerprint density at radius 3 is 2.50 bits per heavy atom. The number of thioether (sulfide) groups is 1. The van der Waals surface area contributed by atoms with Gasteiger partial charge in [-0.1, -0.05) is 0 Å². The maximum Gasteiger partial charge on any atom is 0.253 e. The minimum atomic E-state index is -1.02. The molecular weight excluding hydrogens is 282 g/mol. The van der Waals surface area contributed by atoms with Gasteiger partial charge in [-0.3, -0.25) is 4.79 Å². The Bertz CT molecular complexity index is 563. The molecule has 1 aromatic rings. The van der Waals surface area contributed by atoms with Gasteiger partial charge in [0.2, 0.25) is 0 Å². The highest BCUT2D eigenvalue weighted by Crippen LogP contribution is 2.34. The van der Waals surface area contributed by atoms with E-state index in [1.54, 1.807) is 4.90 Å². The van der Waals surface area contributed by atoms with Crippen LogP contribution in [0.3, 0.4) is 0 Å². The highest BCUT2D eigenvalue weighted by Gasteiger charge is 2.35. The highest BCUT2D eigenvalue weighted by atomic mass is 32.2. The fourth-order valence-electron chi connectivity index (χ4n) is 2.24. The van der Waals surface area contributed by atoms with Gasteiger partial charge >= 0.3 is 0 Å². The van der Waals surface area contributed by atoms with E-state index in [-0.39, 0.29) is 11.5 Å². The van der Waals surface area contributed by atoms with E-state index in [1.165, 1.54) is 17.8 Å². The molecule has 1 aliphatic heterocycles. The molecule has 0 N–H and O–H groups in total. The van der Waals surface area contributed by atoms with Crippen LogP contribution in [0.15, 0.2) is 18.2 Å². The number of carbonyl (C=O) groups is 1. The summed E-state index contributed by atoms with van der Waals surface area (Å²) in [5.74, 6) is -2.31. The highest BCUT2D eigenvalue weighted by molar-refractivity contribution is 8.00. The molecule has 0 aromatic heterocycles. The SMILES string of the molecule is CSC1(C#N)CCN(C(=O)c2ccc(F)c(F)c2)CC1. The van der Waals surface area contributed by atoms with Gasteiger partial charge in [0.15, 0.2) is 11.6 Å². The van der Waals surface area contributed by atoms with Crippen LogP contribution in [0.4, 0.5) is 8.78 Å². The molecule has 1 fully saturated rings. The van der Waals surface area contributed by atoms with Gasteiger partial charge in [0.25, 0.3) is 5.91 Å². The summed E-state index contributed by atoms with van der Waals surface area (Å²) in [6.45, 7) is 0.901. The maximum absolute atomic E-state index is 13.1. The summed E-state index contributed by atoms with van der Waals surface area (Å²) in [7, 11) is 0. The third-order valence-electron chi connectivity index (χ3n) is 3.62. The van der Waals surface area contributed by atoms with Gasteiger partial charge < -0.3 is 4.90 Å². The first kappa shape index (κ1) is 14.8. The van der Waals surface area contributed by atoms with E-state index in [2.05, 4.69) is 6.07 Å². The first-order valence-corrected chi connectivity index (χ1v) is 7.44. The number of carbonyl (C=O) groups excluding carboxylic acids is 1. The number of hydrogen-bond donors (Lipinski definition) is 0. The number of rotatable bonds is 2. The average molecular weight is 296 g/mol. The van der Waals surface area contributed by atoms with Gasteiger partial charge in [0.05, 0.1) is 6.07 Å². The predicted molar refractivity (Wildman–Crippen MR) is 73.4 cm³/mol. The lowest BCUT2D eigenvalue weighted by Gasteiger charge is -2.36. The molecule has 1 aliphatic rings. The van der Waals surface area contributed by atoms with Crippen molar-refractivity contribution in [2.24, 2.45) is 0 Å². The van der Waals surface area contributed by atoms with Gasteiger partial charge in [-0.05, 0) is 37.3 Å².